The van der Waals surface area contributed by atoms with Crippen molar-refractivity contribution >= 4 is 0 Å². The molecule has 0 saturated carbocycles. The van der Waals surface area contributed by atoms with Crippen molar-refractivity contribution in [3.63, 3.8) is 0 Å². The van der Waals surface area contributed by atoms with Crippen LogP contribution in [0.4, 0.5) is 4.39 Å². The van der Waals surface area contributed by atoms with E-state index in [0.29, 0.717) is 0 Å². The second kappa shape index (κ2) is 5.26. The molecule has 84 valence electrons. The highest BCUT2D eigenvalue weighted by Gasteiger charge is 2.22. The van der Waals surface area contributed by atoms with Crippen molar-refractivity contribution < 1.29 is 4.39 Å². The lowest BCUT2D eigenvalue weighted by Gasteiger charge is -2.29. The summed E-state index contributed by atoms with van der Waals surface area (Å²) >= 11 is 0. The Morgan fingerprint density at radius 1 is 1.27 bits per heavy atom. The van der Waals surface area contributed by atoms with Crippen LogP contribution in [0.5, 0.6) is 0 Å². The van der Waals surface area contributed by atoms with Crippen LogP contribution in [0.15, 0.2) is 24.3 Å². The van der Waals surface area contributed by atoms with Gasteiger partial charge in [0.05, 0.1) is 0 Å². The van der Waals surface area contributed by atoms with E-state index in [-0.39, 0.29) is 11.4 Å². The summed E-state index contributed by atoms with van der Waals surface area (Å²) in [5.74, 6) is -0.102. The molecule has 1 nitrogen and oxygen atoms in total. The summed E-state index contributed by atoms with van der Waals surface area (Å²) in [4.78, 5) is 0. The molecule has 15 heavy (non-hydrogen) atoms. The van der Waals surface area contributed by atoms with Crippen LogP contribution in [0.2, 0.25) is 0 Å². The maximum atomic E-state index is 13.5. The Morgan fingerprint density at radius 3 is 2.47 bits per heavy atom. The molecule has 1 N–H and O–H groups in total. The molecule has 0 bridgehead atoms. The number of likely N-dealkylation sites (N-methyl/N-ethyl adjacent to an activating group) is 1. The molecular weight excluding hydrogens is 189 g/mol. The smallest absolute Gasteiger partial charge is 0.126 e. The van der Waals surface area contributed by atoms with Gasteiger partial charge in [-0.3, -0.25) is 0 Å². The highest BCUT2D eigenvalue weighted by molar-refractivity contribution is 5.19. The minimum atomic E-state index is -0.102. The van der Waals surface area contributed by atoms with Gasteiger partial charge in [0.15, 0.2) is 0 Å². The van der Waals surface area contributed by atoms with Crippen LogP contribution in [0.1, 0.15) is 32.8 Å². The predicted octanol–water partition coefficient (Wildman–Crippen LogP) is 3.15. The summed E-state index contributed by atoms with van der Waals surface area (Å²) in [6.07, 6.45) is 1.74. The Morgan fingerprint density at radius 2 is 1.93 bits per heavy atom. The molecule has 0 fully saturated rings. The summed E-state index contributed by atoms with van der Waals surface area (Å²) in [7, 11) is 0. The van der Waals surface area contributed by atoms with Crippen molar-refractivity contribution in [2.24, 2.45) is 0 Å². The maximum Gasteiger partial charge on any atom is 0.126 e. The van der Waals surface area contributed by atoms with Gasteiger partial charge in [-0.1, -0.05) is 32.0 Å². The third-order valence-electron chi connectivity index (χ3n) is 2.92. The Balaban J connectivity index is 2.79. The molecule has 0 aromatic heterocycles. The summed E-state index contributed by atoms with van der Waals surface area (Å²) in [6.45, 7) is 7.26. The lowest BCUT2D eigenvalue weighted by molar-refractivity contribution is 0.344. The minimum Gasteiger partial charge on any atom is -0.311 e. The molecular formula is C13H20FN. The third-order valence-corrected chi connectivity index (χ3v) is 2.92. The molecule has 0 aliphatic carbocycles. The quantitative estimate of drug-likeness (QED) is 0.785. The van der Waals surface area contributed by atoms with Crippen LogP contribution >= 0.6 is 0 Å². The molecule has 1 atom stereocenters. The fourth-order valence-corrected chi connectivity index (χ4v) is 1.80. The Labute approximate surface area is 91.7 Å². The number of benzene rings is 1. The largest absolute Gasteiger partial charge is 0.311 e. The van der Waals surface area contributed by atoms with Crippen molar-refractivity contribution in [3.05, 3.63) is 35.6 Å². The van der Waals surface area contributed by atoms with Crippen LogP contribution in [-0.2, 0) is 6.42 Å². The normalized spacial score (nSPS) is 14.9. The highest BCUT2D eigenvalue weighted by Crippen LogP contribution is 2.18. The number of nitrogens with one attached hydrogen (secondary N) is 1. The van der Waals surface area contributed by atoms with Gasteiger partial charge in [0, 0.05) is 5.54 Å². The van der Waals surface area contributed by atoms with E-state index in [1.807, 2.05) is 12.1 Å². The molecule has 1 aromatic carbocycles. The molecule has 0 spiro atoms. The predicted molar refractivity (Wildman–Crippen MR) is 62.5 cm³/mol. The Kier molecular flexibility index (Phi) is 4.28. The first-order chi connectivity index (χ1) is 7.11. The zero-order chi connectivity index (χ0) is 11.3. The van der Waals surface area contributed by atoms with E-state index in [0.717, 1.165) is 24.9 Å². The Bertz CT molecular complexity index is 311. The number of halogens is 1. The van der Waals surface area contributed by atoms with Crippen LogP contribution in [-0.4, -0.2) is 12.1 Å². The van der Waals surface area contributed by atoms with Crippen LogP contribution in [0.25, 0.3) is 0 Å². The minimum absolute atomic E-state index is 0.00303. The van der Waals surface area contributed by atoms with Gasteiger partial charge in [0.2, 0.25) is 0 Å². The van der Waals surface area contributed by atoms with E-state index in [2.05, 4.69) is 26.1 Å². The molecule has 0 aliphatic rings. The second-order valence-corrected chi connectivity index (χ2v) is 4.21. The Hall–Kier alpha value is -0.890. The second-order valence-electron chi connectivity index (χ2n) is 4.21. The van der Waals surface area contributed by atoms with Crippen LogP contribution in [0, 0.1) is 5.82 Å². The van der Waals surface area contributed by atoms with E-state index in [9.17, 15) is 4.39 Å². The highest BCUT2D eigenvalue weighted by atomic mass is 19.1. The van der Waals surface area contributed by atoms with Crippen molar-refractivity contribution in [2.75, 3.05) is 6.54 Å². The molecule has 0 radical (unpaired) electrons. The van der Waals surface area contributed by atoms with E-state index in [1.54, 1.807) is 6.07 Å². The molecule has 1 aromatic rings. The summed E-state index contributed by atoms with van der Waals surface area (Å²) in [6, 6.07) is 7.01. The lowest BCUT2D eigenvalue weighted by atomic mass is 9.90. The average Bonchev–Trinajstić information content (AvgIpc) is 2.22. The van der Waals surface area contributed by atoms with Gasteiger partial charge in [-0.05, 0) is 37.9 Å². The molecule has 0 amide bonds. The fourth-order valence-electron chi connectivity index (χ4n) is 1.80. The molecule has 1 rings (SSSR count). The van der Waals surface area contributed by atoms with Gasteiger partial charge < -0.3 is 5.32 Å². The molecule has 0 aliphatic heterocycles. The van der Waals surface area contributed by atoms with Gasteiger partial charge >= 0.3 is 0 Å². The topological polar surface area (TPSA) is 12.0 Å². The fraction of sp³-hybridized carbons (Fsp3) is 0.538. The summed E-state index contributed by atoms with van der Waals surface area (Å²) < 4.78 is 13.5. The van der Waals surface area contributed by atoms with E-state index >= 15 is 0 Å². The number of hydrogen-bond donors (Lipinski definition) is 1. The van der Waals surface area contributed by atoms with Gasteiger partial charge in [0.25, 0.3) is 0 Å². The zero-order valence-corrected chi connectivity index (χ0v) is 9.81. The molecule has 0 heterocycles. The van der Waals surface area contributed by atoms with Gasteiger partial charge in [0.1, 0.15) is 5.82 Å². The summed E-state index contributed by atoms with van der Waals surface area (Å²) in [5, 5.41) is 3.42. The van der Waals surface area contributed by atoms with E-state index < -0.39 is 0 Å². The van der Waals surface area contributed by atoms with E-state index in [4.69, 9.17) is 0 Å². The SMILES string of the molecule is CCNC(C)(CC)Cc1ccccc1F. The average molecular weight is 209 g/mol. The third kappa shape index (κ3) is 3.31. The lowest BCUT2D eigenvalue weighted by Crippen LogP contribution is -2.43. The standard InChI is InChI=1S/C13H20FN/c1-4-13(3,15-5-2)10-11-8-6-7-9-12(11)14/h6-9,15H,4-5,10H2,1-3H3. The van der Waals surface area contributed by atoms with Crippen molar-refractivity contribution in [1.29, 1.82) is 0 Å². The first-order valence-electron chi connectivity index (χ1n) is 5.59. The molecule has 0 saturated heterocycles. The van der Waals surface area contributed by atoms with Gasteiger partial charge in [-0.15, -0.1) is 0 Å². The van der Waals surface area contributed by atoms with E-state index in [1.165, 1.54) is 6.07 Å². The number of hydrogen-bond acceptors (Lipinski definition) is 1. The molecule has 1 unspecified atom stereocenters. The van der Waals surface area contributed by atoms with Crippen LogP contribution in [0.3, 0.4) is 0 Å². The van der Waals surface area contributed by atoms with Gasteiger partial charge in [-0.25, -0.2) is 4.39 Å². The van der Waals surface area contributed by atoms with Gasteiger partial charge in [-0.2, -0.15) is 0 Å². The first kappa shape index (κ1) is 12.2. The number of rotatable bonds is 5. The molecule has 2 heteroatoms. The monoisotopic (exact) mass is 209 g/mol. The van der Waals surface area contributed by atoms with Crippen molar-refractivity contribution in [1.82, 2.24) is 5.32 Å². The zero-order valence-electron chi connectivity index (χ0n) is 9.81. The first-order valence-corrected chi connectivity index (χ1v) is 5.59. The van der Waals surface area contributed by atoms with Crippen molar-refractivity contribution in [3.8, 4) is 0 Å². The van der Waals surface area contributed by atoms with Crippen LogP contribution < -0.4 is 5.32 Å². The van der Waals surface area contributed by atoms with Crippen molar-refractivity contribution in [2.45, 2.75) is 39.2 Å². The summed E-state index contributed by atoms with van der Waals surface area (Å²) in [5.41, 5.74) is 0.791. The maximum absolute atomic E-state index is 13.5.